The molecule has 0 atom stereocenters. The summed E-state index contributed by atoms with van der Waals surface area (Å²) >= 11 is 6.14. The van der Waals surface area contributed by atoms with Gasteiger partial charge in [0.2, 0.25) is 0 Å². The van der Waals surface area contributed by atoms with Gasteiger partial charge < -0.3 is 15.1 Å². The summed E-state index contributed by atoms with van der Waals surface area (Å²) in [6.07, 6.45) is 0. The third-order valence-electron chi connectivity index (χ3n) is 5.67. The number of benzene rings is 2. The second-order valence-electron chi connectivity index (χ2n) is 7.99. The van der Waals surface area contributed by atoms with Crippen LogP contribution in [0.3, 0.4) is 0 Å². The molecule has 0 saturated carbocycles. The molecule has 0 unspecified atom stereocenters. The summed E-state index contributed by atoms with van der Waals surface area (Å²) in [5.74, 6) is -0.0437. The number of carbonyl (C=O) groups excluding carboxylic acids is 2. The summed E-state index contributed by atoms with van der Waals surface area (Å²) in [6.45, 7) is 7.70. The van der Waals surface area contributed by atoms with E-state index in [0.717, 1.165) is 27.7 Å². The summed E-state index contributed by atoms with van der Waals surface area (Å²) < 4.78 is 0. The monoisotopic (exact) mass is 436 g/mol. The largest absolute Gasteiger partial charge is 0.335 e. The quantitative estimate of drug-likeness (QED) is 0.627. The van der Waals surface area contributed by atoms with Crippen molar-refractivity contribution in [3.8, 4) is 0 Å². The number of fused-ring (bicyclic) bond motifs is 1. The number of urea groups is 1. The molecule has 0 spiro atoms. The highest BCUT2D eigenvalue weighted by Crippen LogP contribution is 2.22. The molecule has 0 radical (unpaired) electrons. The van der Waals surface area contributed by atoms with Crippen molar-refractivity contribution >= 4 is 40.1 Å². The van der Waals surface area contributed by atoms with Gasteiger partial charge in [0.15, 0.2) is 0 Å². The summed E-state index contributed by atoms with van der Waals surface area (Å²) in [7, 11) is 0. The first kappa shape index (κ1) is 21.1. The van der Waals surface area contributed by atoms with Gasteiger partial charge in [0.25, 0.3) is 5.91 Å². The fourth-order valence-corrected chi connectivity index (χ4v) is 3.93. The number of pyridine rings is 1. The molecule has 1 aliphatic heterocycles. The molecule has 31 heavy (non-hydrogen) atoms. The van der Waals surface area contributed by atoms with Crippen molar-refractivity contribution < 1.29 is 9.59 Å². The Morgan fingerprint density at radius 3 is 2.35 bits per heavy atom. The van der Waals surface area contributed by atoms with Gasteiger partial charge in [-0.05, 0) is 56.2 Å². The third kappa shape index (κ3) is 4.49. The first-order chi connectivity index (χ1) is 14.8. The summed E-state index contributed by atoms with van der Waals surface area (Å²) in [5.41, 5.74) is 4.99. The third-order valence-corrected chi connectivity index (χ3v) is 6.08. The molecule has 6 nitrogen and oxygen atoms in total. The number of nitrogens with zero attached hydrogens (tertiary/aromatic N) is 3. The Kier molecular flexibility index (Phi) is 5.83. The van der Waals surface area contributed by atoms with Crippen LogP contribution in [0.25, 0.3) is 10.9 Å². The van der Waals surface area contributed by atoms with E-state index in [9.17, 15) is 9.59 Å². The van der Waals surface area contributed by atoms with Crippen LogP contribution < -0.4 is 5.32 Å². The zero-order chi connectivity index (χ0) is 22.1. The van der Waals surface area contributed by atoms with Crippen molar-refractivity contribution in [3.63, 3.8) is 0 Å². The van der Waals surface area contributed by atoms with Crippen molar-refractivity contribution in [2.75, 3.05) is 31.5 Å². The van der Waals surface area contributed by atoms with Crippen LogP contribution in [0.15, 0.2) is 42.5 Å². The molecular weight excluding hydrogens is 412 g/mol. The topological polar surface area (TPSA) is 65.5 Å². The van der Waals surface area contributed by atoms with Gasteiger partial charge in [0.1, 0.15) is 0 Å². The van der Waals surface area contributed by atoms with Gasteiger partial charge >= 0.3 is 6.03 Å². The van der Waals surface area contributed by atoms with Crippen LogP contribution >= 0.6 is 11.6 Å². The van der Waals surface area contributed by atoms with Gasteiger partial charge in [-0.3, -0.25) is 9.78 Å². The fraction of sp³-hybridized carbons (Fsp3) is 0.292. The Bertz CT molecular complexity index is 1170. The van der Waals surface area contributed by atoms with Gasteiger partial charge in [-0.25, -0.2) is 4.79 Å². The Balaban J connectivity index is 1.41. The van der Waals surface area contributed by atoms with E-state index in [-0.39, 0.29) is 11.9 Å². The normalized spacial score (nSPS) is 14.1. The van der Waals surface area contributed by atoms with E-state index < -0.39 is 0 Å². The summed E-state index contributed by atoms with van der Waals surface area (Å²) in [5, 5.41) is 4.45. The number of aryl methyl sites for hydroxylation is 3. The Hall–Kier alpha value is -3.12. The minimum Gasteiger partial charge on any atom is -0.335 e. The van der Waals surface area contributed by atoms with Crippen LogP contribution in [0.2, 0.25) is 5.02 Å². The van der Waals surface area contributed by atoms with E-state index in [4.69, 9.17) is 11.6 Å². The molecule has 4 rings (SSSR count). The molecular formula is C24H25ClN4O2. The summed E-state index contributed by atoms with van der Waals surface area (Å²) in [6, 6.07) is 13.2. The SMILES string of the molecule is Cc1ccc2cc(C(=O)N3CCN(C(=O)Nc4ccc(C)c(Cl)c4)CC3)c(C)nc2c1. The van der Waals surface area contributed by atoms with E-state index in [1.165, 1.54) is 0 Å². The first-order valence-corrected chi connectivity index (χ1v) is 10.7. The van der Waals surface area contributed by atoms with E-state index in [1.807, 2.05) is 57.2 Å². The number of hydrogen-bond donors (Lipinski definition) is 1. The molecule has 0 aliphatic carbocycles. The average Bonchev–Trinajstić information content (AvgIpc) is 2.75. The van der Waals surface area contributed by atoms with Crippen molar-refractivity contribution in [2.24, 2.45) is 0 Å². The molecule has 1 aliphatic rings. The molecule has 7 heteroatoms. The number of piperazine rings is 1. The molecule has 160 valence electrons. The van der Waals surface area contributed by atoms with Crippen molar-refractivity contribution in [1.29, 1.82) is 0 Å². The zero-order valence-corrected chi connectivity index (χ0v) is 18.7. The van der Waals surface area contributed by atoms with E-state index in [0.29, 0.717) is 42.5 Å². The zero-order valence-electron chi connectivity index (χ0n) is 17.9. The molecule has 1 N–H and O–H groups in total. The van der Waals surface area contributed by atoms with Crippen LogP contribution in [0.1, 0.15) is 27.2 Å². The predicted molar refractivity (Wildman–Crippen MR) is 124 cm³/mol. The van der Waals surface area contributed by atoms with Gasteiger partial charge in [0, 0.05) is 42.3 Å². The number of hydrogen-bond acceptors (Lipinski definition) is 3. The maximum Gasteiger partial charge on any atom is 0.321 e. The second kappa shape index (κ2) is 8.55. The molecule has 1 saturated heterocycles. The number of rotatable bonds is 2. The molecule has 2 heterocycles. The van der Waals surface area contributed by atoms with Crippen molar-refractivity contribution in [3.05, 3.63) is 69.9 Å². The van der Waals surface area contributed by atoms with Crippen molar-refractivity contribution in [2.45, 2.75) is 20.8 Å². The predicted octanol–water partition coefficient (Wildman–Crippen LogP) is 4.80. The van der Waals surface area contributed by atoms with Crippen LogP contribution in [0, 0.1) is 20.8 Å². The smallest absolute Gasteiger partial charge is 0.321 e. The molecule has 1 fully saturated rings. The van der Waals surface area contributed by atoms with Crippen molar-refractivity contribution in [1.82, 2.24) is 14.8 Å². The van der Waals surface area contributed by atoms with Crippen LogP contribution in [-0.4, -0.2) is 52.9 Å². The lowest BCUT2D eigenvalue weighted by atomic mass is 10.1. The molecule has 3 amide bonds. The number of amides is 3. The van der Waals surface area contributed by atoms with Crippen LogP contribution in [0.5, 0.6) is 0 Å². The van der Waals surface area contributed by atoms with E-state index >= 15 is 0 Å². The lowest BCUT2D eigenvalue weighted by Crippen LogP contribution is -2.51. The minimum absolute atomic E-state index is 0.0437. The number of aromatic nitrogens is 1. The standard InChI is InChI=1S/C24H25ClN4O2/c1-15-4-6-18-13-20(17(3)26-22(18)12-15)23(30)28-8-10-29(11-9-28)24(31)27-19-7-5-16(2)21(25)14-19/h4-7,12-14H,8-11H2,1-3H3,(H,27,31). The molecule has 2 aromatic carbocycles. The minimum atomic E-state index is -0.189. The molecule has 3 aromatic rings. The van der Waals surface area contributed by atoms with Gasteiger partial charge in [0.05, 0.1) is 16.8 Å². The fourth-order valence-electron chi connectivity index (χ4n) is 3.75. The van der Waals surface area contributed by atoms with Gasteiger partial charge in [-0.1, -0.05) is 29.8 Å². The lowest BCUT2D eigenvalue weighted by molar-refractivity contribution is 0.0670. The summed E-state index contributed by atoms with van der Waals surface area (Å²) in [4.78, 5) is 33.8. The molecule has 0 bridgehead atoms. The number of halogens is 1. The first-order valence-electron chi connectivity index (χ1n) is 10.3. The Labute approximate surface area is 186 Å². The van der Waals surface area contributed by atoms with Crippen LogP contribution in [-0.2, 0) is 0 Å². The lowest BCUT2D eigenvalue weighted by Gasteiger charge is -2.35. The number of anilines is 1. The van der Waals surface area contributed by atoms with Gasteiger partial charge in [-0.2, -0.15) is 0 Å². The van der Waals surface area contributed by atoms with Crippen LogP contribution in [0.4, 0.5) is 10.5 Å². The Morgan fingerprint density at radius 1 is 0.935 bits per heavy atom. The highest BCUT2D eigenvalue weighted by Gasteiger charge is 2.26. The van der Waals surface area contributed by atoms with E-state index in [1.54, 1.807) is 15.9 Å². The number of carbonyl (C=O) groups is 2. The second-order valence-corrected chi connectivity index (χ2v) is 8.40. The highest BCUT2D eigenvalue weighted by molar-refractivity contribution is 6.31. The average molecular weight is 437 g/mol. The number of nitrogens with one attached hydrogen (secondary N) is 1. The maximum atomic E-state index is 13.1. The van der Waals surface area contributed by atoms with E-state index in [2.05, 4.69) is 10.3 Å². The van der Waals surface area contributed by atoms with Gasteiger partial charge in [-0.15, -0.1) is 0 Å². The maximum absolute atomic E-state index is 13.1. The molecule has 1 aromatic heterocycles. The highest BCUT2D eigenvalue weighted by atomic mass is 35.5. The Morgan fingerprint density at radius 2 is 1.65 bits per heavy atom.